The second-order valence-corrected chi connectivity index (χ2v) is 23.7. The van der Waals surface area contributed by atoms with E-state index in [1.165, 1.54) is 31.6 Å². The summed E-state index contributed by atoms with van der Waals surface area (Å²) in [6.07, 6.45) is -5.56. The molecular formula is C45H63NO15Si. The van der Waals surface area contributed by atoms with Crippen molar-refractivity contribution in [3.8, 4) is 0 Å². The Hall–Kier alpha value is -4.29. The molecule has 0 unspecified atom stereocenters. The molecule has 0 radical (unpaired) electrons. The van der Waals surface area contributed by atoms with Gasteiger partial charge in [0, 0.05) is 25.2 Å². The number of rotatable bonds is 13. The second-order valence-electron chi connectivity index (χ2n) is 19.0. The number of nitrogens with one attached hydrogen (secondary N) is 1. The molecule has 62 heavy (non-hydrogen) atoms. The minimum Gasteiger partial charge on any atom is -0.467 e. The molecule has 10 atom stereocenters. The van der Waals surface area contributed by atoms with Crippen LogP contribution in [0.1, 0.15) is 118 Å². The topological polar surface area (TPSA) is 219 Å². The van der Waals surface area contributed by atoms with Crippen LogP contribution in [-0.4, -0.2) is 102 Å². The Bertz CT molecular complexity index is 2030. The fourth-order valence-corrected chi connectivity index (χ4v) is 13.5. The lowest BCUT2D eigenvalue weighted by atomic mass is 9.44. The van der Waals surface area contributed by atoms with Crippen LogP contribution < -0.4 is 5.32 Å². The fraction of sp³-hybridized carbons (Fsp3) is 0.667. The molecule has 1 aliphatic heterocycles. The van der Waals surface area contributed by atoms with Gasteiger partial charge in [-0.3, -0.25) is 14.4 Å². The number of Topliss-reactive ketones (excluding diaryl/α,β-unsaturated/α-hetero) is 1. The predicted octanol–water partition coefficient (Wildman–Crippen LogP) is 6.50. The van der Waals surface area contributed by atoms with Crippen LogP contribution >= 0.6 is 0 Å². The van der Waals surface area contributed by atoms with E-state index in [0.717, 1.165) is 0 Å². The number of carbonyl (C=O) groups is 5. The maximum Gasteiger partial charge on any atom is 0.408 e. The Labute approximate surface area is 363 Å². The maximum atomic E-state index is 15.7. The Morgan fingerprint density at radius 3 is 2.18 bits per heavy atom. The van der Waals surface area contributed by atoms with E-state index in [2.05, 4.69) is 5.32 Å². The quantitative estimate of drug-likeness (QED) is 0.0846. The van der Waals surface area contributed by atoms with Crippen LogP contribution in [-0.2, 0) is 42.5 Å². The van der Waals surface area contributed by atoms with Gasteiger partial charge in [-0.05, 0) is 88.2 Å². The third-order valence-electron chi connectivity index (χ3n) is 14.1. The molecule has 2 bridgehead atoms. The minimum atomic E-state index is -2.56. The van der Waals surface area contributed by atoms with Gasteiger partial charge >= 0.3 is 24.0 Å². The maximum absolute atomic E-state index is 15.7. The molecule has 1 saturated heterocycles. The van der Waals surface area contributed by atoms with Crippen LogP contribution in [0.3, 0.4) is 0 Å². The molecule has 1 amide bonds. The van der Waals surface area contributed by atoms with Gasteiger partial charge in [-0.25, -0.2) is 9.59 Å². The highest BCUT2D eigenvalue weighted by molar-refractivity contribution is 6.73. The number of ketones is 1. The van der Waals surface area contributed by atoms with Crippen molar-refractivity contribution in [2.24, 2.45) is 16.7 Å². The molecule has 2 saturated carbocycles. The summed E-state index contributed by atoms with van der Waals surface area (Å²) in [5, 5.41) is 29.0. The van der Waals surface area contributed by atoms with Gasteiger partial charge in [-0.2, -0.15) is 0 Å². The van der Waals surface area contributed by atoms with Crippen molar-refractivity contribution in [3.05, 3.63) is 59.5 Å². The molecule has 0 aromatic carbocycles. The first-order valence-electron chi connectivity index (χ1n) is 21.5. The van der Waals surface area contributed by atoms with Crippen molar-refractivity contribution in [2.75, 3.05) is 6.61 Å². The van der Waals surface area contributed by atoms with Crippen molar-refractivity contribution < 1.29 is 71.1 Å². The van der Waals surface area contributed by atoms with Crippen LogP contribution in [0.15, 0.2) is 56.8 Å². The van der Waals surface area contributed by atoms with E-state index in [4.69, 9.17) is 36.9 Å². The molecule has 4 aliphatic rings. The summed E-state index contributed by atoms with van der Waals surface area (Å²) in [6, 6.07) is 7.18. The van der Waals surface area contributed by atoms with E-state index in [9.17, 15) is 29.4 Å². The SMILES string of the molecule is CC[Si](CC)(CC)O[C@H]1C[C@H]2OC[C@@]2(OC(C)=O)[C@H]2[C@H](OC(=O)c3ccco3)[C@]3(O)C[C@H](OC(=O)C[C@@H](NC(=O)OC(C)(C)C)c4ccco4)C(C)=C([C@@H](O)C(=O)[C@]12C)C3(C)C. The first-order chi connectivity index (χ1) is 28.9. The molecule has 16 nitrogen and oxygen atoms in total. The summed E-state index contributed by atoms with van der Waals surface area (Å²) in [6.45, 7) is 18.7. The number of carbonyl (C=O) groups excluding carboxylic acids is 5. The number of alkyl carbamates (subject to hydrolysis) is 1. The van der Waals surface area contributed by atoms with Gasteiger partial charge in [0.05, 0.1) is 43.0 Å². The van der Waals surface area contributed by atoms with Gasteiger partial charge in [-0.1, -0.05) is 34.6 Å². The molecule has 2 aromatic heterocycles. The summed E-state index contributed by atoms with van der Waals surface area (Å²) in [5.41, 5.74) is -7.73. The van der Waals surface area contributed by atoms with Gasteiger partial charge in [0.2, 0.25) is 5.76 Å². The highest BCUT2D eigenvalue weighted by Gasteiger charge is 2.78. The molecule has 3 N–H and O–H groups in total. The van der Waals surface area contributed by atoms with Crippen LogP contribution in [0.4, 0.5) is 4.79 Å². The number of furan rings is 2. The smallest absolute Gasteiger partial charge is 0.408 e. The zero-order valence-corrected chi connectivity index (χ0v) is 38.7. The molecule has 6 rings (SSSR count). The van der Waals surface area contributed by atoms with E-state index in [1.54, 1.807) is 60.6 Å². The summed E-state index contributed by atoms with van der Waals surface area (Å²) in [5.74, 6) is -4.56. The molecule has 3 fully saturated rings. The molecule has 17 heteroatoms. The minimum absolute atomic E-state index is 0.0690. The van der Waals surface area contributed by atoms with E-state index in [1.807, 2.05) is 20.8 Å². The van der Waals surface area contributed by atoms with E-state index in [-0.39, 0.29) is 30.1 Å². The summed E-state index contributed by atoms with van der Waals surface area (Å²) < 4.78 is 48.7. The number of hydrogen-bond acceptors (Lipinski definition) is 15. The number of esters is 3. The third kappa shape index (κ3) is 8.07. The Kier molecular flexibility index (Phi) is 12.9. The Morgan fingerprint density at radius 1 is 1.00 bits per heavy atom. The van der Waals surface area contributed by atoms with Gasteiger partial charge in [0.1, 0.15) is 47.4 Å². The van der Waals surface area contributed by atoms with E-state index < -0.39 is 121 Å². The molecule has 0 spiro atoms. The third-order valence-corrected chi connectivity index (χ3v) is 18.8. The second kappa shape index (κ2) is 17.0. The van der Waals surface area contributed by atoms with Crippen LogP contribution in [0, 0.1) is 16.7 Å². The molecular weight excluding hydrogens is 823 g/mol. The lowest BCUT2D eigenvalue weighted by molar-refractivity contribution is -0.344. The van der Waals surface area contributed by atoms with Crippen molar-refractivity contribution in [3.63, 3.8) is 0 Å². The lowest BCUT2D eigenvalue weighted by Crippen LogP contribution is -2.82. The number of ether oxygens (including phenoxy) is 5. The van der Waals surface area contributed by atoms with E-state index >= 15 is 4.79 Å². The molecule has 2 aromatic rings. The average Bonchev–Trinajstić information content (AvgIpc) is 3.93. The molecule has 3 heterocycles. The summed E-state index contributed by atoms with van der Waals surface area (Å²) >= 11 is 0. The predicted molar refractivity (Wildman–Crippen MR) is 223 cm³/mol. The fourth-order valence-electron chi connectivity index (χ4n) is 10.6. The highest BCUT2D eigenvalue weighted by Crippen LogP contribution is 2.65. The van der Waals surface area contributed by atoms with Crippen molar-refractivity contribution in [2.45, 2.75) is 167 Å². The average molecular weight is 886 g/mol. The normalized spacial score (nSPS) is 32.2. The monoisotopic (exact) mass is 885 g/mol. The zero-order chi connectivity index (χ0) is 45.8. The van der Waals surface area contributed by atoms with Gasteiger partial charge in [0.25, 0.3) is 0 Å². The highest BCUT2D eigenvalue weighted by atomic mass is 28.4. The Morgan fingerprint density at radius 2 is 1.65 bits per heavy atom. The van der Waals surface area contributed by atoms with Crippen molar-refractivity contribution in [1.82, 2.24) is 5.32 Å². The van der Waals surface area contributed by atoms with Gasteiger partial charge < -0.3 is 52.5 Å². The number of aliphatic hydroxyl groups excluding tert-OH is 1. The summed E-state index contributed by atoms with van der Waals surface area (Å²) in [4.78, 5) is 70.1. The van der Waals surface area contributed by atoms with E-state index in [0.29, 0.717) is 23.7 Å². The zero-order valence-electron chi connectivity index (χ0n) is 37.7. The molecule has 3 aliphatic carbocycles. The number of aliphatic hydroxyl groups is 2. The van der Waals surface area contributed by atoms with Crippen LogP contribution in [0.25, 0.3) is 0 Å². The first-order valence-corrected chi connectivity index (χ1v) is 24.1. The standard InChI is InChI=1S/C45H63NO15Si/c1-12-62(13-2,14-3)61-31-22-32-44(24-56-32,59-26(5)47)36-38(58-39(51)29-18-16-20-55-29)45(53)23-30(25(4)34(42(45,9)10)35(49)37(50)43(31,36)11)57-33(48)21-27(28-17-15-19-54-28)46-40(52)60-41(6,7)8/h15-20,27,30-32,35-36,38,49,53H,12-14,21-24H2,1-11H3,(H,46,52)/t27-,30+,31+,32-,35-,36+,38+,43-,44+,45-/m1/s1. The molecule has 342 valence electrons. The number of amides is 1. The Balaban J connectivity index is 1.52. The first kappa shape index (κ1) is 47.2. The number of fused-ring (bicyclic) bond motifs is 5. The number of hydrogen-bond donors (Lipinski definition) is 3. The van der Waals surface area contributed by atoms with Gasteiger partial charge in [-0.15, -0.1) is 0 Å². The lowest BCUT2D eigenvalue weighted by Gasteiger charge is -2.68. The van der Waals surface area contributed by atoms with Crippen molar-refractivity contribution in [1.29, 1.82) is 0 Å². The van der Waals surface area contributed by atoms with Crippen LogP contribution in [0.2, 0.25) is 18.1 Å². The van der Waals surface area contributed by atoms with Crippen LogP contribution in [0.5, 0.6) is 0 Å². The largest absolute Gasteiger partial charge is 0.467 e. The van der Waals surface area contributed by atoms with Gasteiger partial charge in [0.15, 0.2) is 19.7 Å². The van der Waals surface area contributed by atoms with Crippen molar-refractivity contribution >= 4 is 38.1 Å². The summed E-state index contributed by atoms with van der Waals surface area (Å²) in [7, 11) is -2.56.